The summed E-state index contributed by atoms with van der Waals surface area (Å²) in [5, 5.41) is 0. The number of nitrogens with one attached hydrogen (secondary N) is 1. The van der Waals surface area contributed by atoms with Crippen molar-refractivity contribution in [2.75, 3.05) is 39.8 Å². The van der Waals surface area contributed by atoms with Gasteiger partial charge < -0.3 is 9.80 Å². The SMILES string of the molecule is C[NH+]1CCN(C(=O)CN2C(=O)C(=Cc3ccccc3F)SC2=S)CC1. The smallest absolute Gasteiger partial charge is 0.266 e. The number of nitrogens with zero attached hydrogens (tertiary/aromatic N) is 2. The van der Waals surface area contributed by atoms with E-state index >= 15 is 0 Å². The van der Waals surface area contributed by atoms with Crippen LogP contribution in [0.25, 0.3) is 6.08 Å². The number of rotatable bonds is 3. The minimum absolute atomic E-state index is 0.0572. The number of carbonyl (C=O) groups excluding carboxylic acids is 2. The molecule has 1 aromatic carbocycles. The molecule has 2 aliphatic rings. The highest BCUT2D eigenvalue weighted by Gasteiger charge is 2.35. The van der Waals surface area contributed by atoms with Crippen molar-refractivity contribution in [3.63, 3.8) is 0 Å². The first-order valence-electron chi connectivity index (χ1n) is 8.04. The maximum Gasteiger partial charge on any atom is 0.266 e. The Labute approximate surface area is 155 Å². The summed E-state index contributed by atoms with van der Waals surface area (Å²) in [5.74, 6) is -0.842. The molecule has 25 heavy (non-hydrogen) atoms. The molecule has 0 atom stereocenters. The van der Waals surface area contributed by atoms with Crippen LogP contribution in [0.5, 0.6) is 0 Å². The van der Waals surface area contributed by atoms with E-state index in [9.17, 15) is 14.0 Å². The Balaban J connectivity index is 1.69. The third-order valence-electron chi connectivity index (χ3n) is 4.33. The standard InChI is InChI=1S/C17H18FN3O2S2/c1-19-6-8-20(9-7-19)15(22)11-21-16(23)14(25-17(21)24)10-12-4-2-3-5-13(12)18/h2-5,10H,6-9,11H2,1H3/p+1. The largest absolute Gasteiger partial charge is 0.334 e. The Morgan fingerprint density at radius 2 is 2.04 bits per heavy atom. The van der Waals surface area contributed by atoms with Gasteiger partial charge in [0.05, 0.1) is 38.1 Å². The topological polar surface area (TPSA) is 45.1 Å². The number of piperazine rings is 1. The van der Waals surface area contributed by atoms with Crippen LogP contribution in [-0.4, -0.2) is 65.7 Å². The number of thiocarbonyl (C=S) groups is 1. The van der Waals surface area contributed by atoms with Crippen LogP contribution < -0.4 is 4.90 Å². The molecule has 2 saturated heterocycles. The fourth-order valence-electron chi connectivity index (χ4n) is 2.74. The lowest BCUT2D eigenvalue weighted by atomic mass is 10.2. The van der Waals surface area contributed by atoms with Crippen molar-refractivity contribution < 1.29 is 18.9 Å². The molecule has 0 bridgehead atoms. The molecule has 0 saturated carbocycles. The zero-order chi connectivity index (χ0) is 18.0. The van der Waals surface area contributed by atoms with Gasteiger partial charge in [-0.05, 0) is 12.1 Å². The van der Waals surface area contributed by atoms with E-state index in [1.54, 1.807) is 23.1 Å². The number of hydrogen-bond acceptors (Lipinski definition) is 4. The van der Waals surface area contributed by atoms with Gasteiger partial charge in [-0.2, -0.15) is 0 Å². The van der Waals surface area contributed by atoms with Gasteiger partial charge in [0.1, 0.15) is 16.7 Å². The summed E-state index contributed by atoms with van der Waals surface area (Å²) in [5.41, 5.74) is 0.330. The summed E-state index contributed by atoms with van der Waals surface area (Å²) >= 11 is 6.34. The molecule has 2 amide bonds. The highest BCUT2D eigenvalue weighted by atomic mass is 32.2. The van der Waals surface area contributed by atoms with E-state index in [2.05, 4.69) is 7.05 Å². The first kappa shape index (κ1) is 18.0. The van der Waals surface area contributed by atoms with Gasteiger partial charge in [0.2, 0.25) is 5.91 Å². The van der Waals surface area contributed by atoms with Crippen molar-refractivity contribution in [3.8, 4) is 0 Å². The zero-order valence-electron chi connectivity index (χ0n) is 13.8. The highest BCUT2D eigenvalue weighted by molar-refractivity contribution is 8.26. The maximum absolute atomic E-state index is 13.8. The van der Waals surface area contributed by atoms with Crippen LogP contribution in [0.1, 0.15) is 5.56 Å². The van der Waals surface area contributed by atoms with Gasteiger partial charge in [0.15, 0.2) is 0 Å². The highest BCUT2D eigenvalue weighted by Crippen LogP contribution is 2.32. The summed E-state index contributed by atoms with van der Waals surface area (Å²) in [7, 11) is 2.09. The molecule has 0 aliphatic carbocycles. The van der Waals surface area contributed by atoms with Gasteiger partial charge in [-0.25, -0.2) is 4.39 Å². The Morgan fingerprint density at radius 3 is 2.72 bits per heavy atom. The van der Waals surface area contributed by atoms with E-state index in [-0.39, 0.29) is 18.4 Å². The Kier molecular flexibility index (Phi) is 5.51. The van der Waals surface area contributed by atoms with Gasteiger partial charge >= 0.3 is 0 Å². The van der Waals surface area contributed by atoms with Crippen LogP contribution in [0.4, 0.5) is 4.39 Å². The maximum atomic E-state index is 13.8. The number of likely N-dealkylation sites (N-methyl/N-ethyl adjacent to an activating group) is 1. The molecule has 132 valence electrons. The van der Waals surface area contributed by atoms with Gasteiger partial charge in [0, 0.05) is 5.56 Å². The molecule has 0 unspecified atom stereocenters. The molecular weight excluding hydrogens is 361 g/mol. The van der Waals surface area contributed by atoms with Crippen molar-refractivity contribution >= 4 is 46.2 Å². The van der Waals surface area contributed by atoms with Crippen molar-refractivity contribution in [3.05, 3.63) is 40.6 Å². The number of amides is 2. The quantitative estimate of drug-likeness (QED) is 0.609. The van der Waals surface area contributed by atoms with Gasteiger partial charge in [-0.1, -0.05) is 42.2 Å². The van der Waals surface area contributed by atoms with Gasteiger partial charge in [-0.3, -0.25) is 14.5 Å². The van der Waals surface area contributed by atoms with Crippen LogP contribution in [0.3, 0.4) is 0 Å². The predicted octanol–water partition coefficient (Wildman–Crippen LogP) is 0.384. The molecule has 1 aromatic rings. The summed E-state index contributed by atoms with van der Waals surface area (Å²) in [4.78, 5) is 29.8. The predicted molar refractivity (Wildman–Crippen MR) is 99.5 cm³/mol. The molecule has 2 fully saturated rings. The zero-order valence-corrected chi connectivity index (χ0v) is 15.5. The Morgan fingerprint density at radius 1 is 1.36 bits per heavy atom. The average molecular weight is 380 g/mol. The number of carbonyl (C=O) groups is 2. The summed E-state index contributed by atoms with van der Waals surface area (Å²) in [6.07, 6.45) is 1.48. The number of benzene rings is 1. The fourth-order valence-corrected chi connectivity index (χ4v) is 3.99. The van der Waals surface area contributed by atoms with Crippen LogP contribution in [0.2, 0.25) is 0 Å². The van der Waals surface area contributed by atoms with E-state index in [4.69, 9.17) is 12.2 Å². The van der Waals surface area contributed by atoms with Crippen molar-refractivity contribution in [1.29, 1.82) is 0 Å². The molecule has 8 heteroatoms. The molecule has 2 heterocycles. The van der Waals surface area contributed by atoms with Crippen LogP contribution >= 0.6 is 24.0 Å². The van der Waals surface area contributed by atoms with Crippen LogP contribution in [0.15, 0.2) is 29.2 Å². The summed E-state index contributed by atoms with van der Waals surface area (Å²) in [6.45, 7) is 3.11. The van der Waals surface area contributed by atoms with Crippen molar-refractivity contribution in [2.24, 2.45) is 0 Å². The third-order valence-corrected chi connectivity index (χ3v) is 5.71. The summed E-state index contributed by atoms with van der Waals surface area (Å²) in [6, 6.07) is 6.23. The number of hydrogen-bond donors (Lipinski definition) is 1. The second-order valence-electron chi connectivity index (χ2n) is 6.13. The molecule has 0 radical (unpaired) electrons. The lowest BCUT2D eigenvalue weighted by molar-refractivity contribution is -0.883. The minimum atomic E-state index is -0.399. The van der Waals surface area contributed by atoms with E-state index in [1.165, 1.54) is 21.9 Å². The minimum Gasteiger partial charge on any atom is -0.334 e. The monoisotopic (exact) mass is 380 g/mol. The molecular formula is C17H19FN3O2S2+. The number of quaternary nitrogens is 1. The second-order valence-corrected chi connectivity index (χ2v) is 7.80. The second kappa shape index (κ2) is 7.63. The van der Waals surface area contributed by atoms with Gasteiger partial charge in [-0.15, -0.1) is 0 Å². The van der Waals surface area contributed by atoms with Crippen LogP contribution in [-0.2, 0) is 9.59 Å². The van der Waals surface area contributed by atoms with E-state index in [0.29, 0.717) is 27.9 Å². The summed E-state index contributed by atoms with van der Waals surface area (Å²) < 4.78 is 14.1. The average Bonchev–Trinajstić information content (AvgIpc) is 2.85. The lowest BCUT2D eigenvalue weighted by Gasteiger charge is -2.31. The van der Waals surface area contributed by atoms with E-state index in [0.717, 1.165) is 24.9 Å². The van der Waals surface area contributed by atoms with Crippen molar-refractivity contribution in [1.82, 2.24) is 9.80 Å². The Hall–Kier alpha value is -1.77. The lowest BCUT2D eigenvalue weighted by Crippen LogP contribution is -3.12. The Bertz CT molecular complexity index is 745. The third kappa shape index (κ3) is 4.08. The van der Waals surface area contributed by atoms with Crippen LogP contribution in [0, 0.1) is 5.82 Å². The van der Waals surface area contributed by atoms with Gasteiger partial charge in [0.25, 0.3) is 5.91 Å². The number of thioether (sulfide) groups is 1. The first-order chi connectivity index (χ1) is 12.0. The molecule has 3 rings (SSSR count). The molecule has 0 spiro atoms. The molecule has 1 N–H and O–H groups in total. The normalized spacial score (nSPS) is 20.6. The molecule has 2 aliphatic heterocycles. The number of halogens is 1. The van der Waals surface area contributed by atoms with E-state index < -0.39 is 5.82 Å². The molecule has 5 nitrogen and oxygen atoms in total. The first-order valence-corrected chi connectivity index (χ1v) is 9.27. The van der Waals surface area contributed by atoms with E-state index in [1.807, 2.05) is 0 Å². The van der Waals surface area contributed by atoms with Crippen molar-refractivity contribution in [2.45, 2.75) is 0 Å². The molecule has 0 aromatic heterocycles. The fraction of sp³-hybridized carbons (Fsp3) is 0.353.